The number of unbranched alkanes of at least 4 members (excludes halogenated alkanes) is 1. The summed E-state index contributed by atoms with van der Waals surface area (Å²) >= 11 is 0. The van der Waals surface area contributed by atoms with Crippen LogP contribution in [0.1, 0.15) is 43.4 Å². The van der Waals surface area contributed by atoms with E-state index in [1.165, 1.54) is 5.56 Å². The highest BCUT2D eigenvalue weighted by atomic mass is 16.5. The minimum absolute atomic E-state index is 0.149. The molecule has 0 aromatic heterocycles. The number of carbonyl (C=O) groups is 1. The quantitative estimate of drug-likeness (QED) is 0.381. The first-order valence-corrected chi connectivity index (χ1v) is 12.4. The van der Waals surface area contributed by atoms with Crippen LogP contribution >= 0.6 is 0 Å². The summed E-state index contributed by atoms with van der Waals surface area (Å²) in [6.07, 6.45) is 3.78. The number of aryl methyl sites for hydroxylation is 1. The van der Waals surface area contributed by atoms with Gasteiger partial charge in [-0.05, 0) is 80.5 Å². The number of benzene rings is 3. The second-order valence-corrected chi connectivity index (χ2v) is 9.67. The lowest BCUT2D eigenvalue weighted by atomic mass is 10.1. The molecule has 5 heteroatoms. The molecule has 3 aromatic carbocycles. The lowest BCUT2D eigenvalue weighted by Gasteiger charge is -2.31. The van der Waals surface area contributed by atoms with E-state index in [0.717, 1.165) is 41.9 Å². The Morgan fingerprint density at radius 3 is 2.17 bits per heavy atom. The van der Waals surface area contributed by atoms with Crippen molar-refractivity contribution in [1.82, 2.24) is 10.2 Å². The Hall–Kier alpha value is -3.31. The van der Waals surface area contributed by atoms with E-state index in [2.05, 4.69) is 55.6 Å². The first-order chi connectivity index (χ1) is 16.9. The van der Waals surface area contributed by atoms with Crippen LogP contribution in [0.4, 0.5) is 0 Å². The summed E-state index contributed by atoms with van der Waals surface area (Å²) < 4.78 is 11.1. The van der Waals surface area contributed by atoms with Crippen LogP contribution in [0, 0.1) is 0 Å². The fourth-order valence-electron chi connectivity index (χ4n) is 4.58. The van der Waals surface area contributed by atoms with E-state index in [1.54, 1.807) is 7.11 Å². The van der Waals surface area contributed by atoms with E-state index in [0.29, 0.717) is 19.6 Å². The molecule has 1 N–H and O–H groups in total. The number of amides is 1. The molecule has 4 rings (SSSR count). The molecule has 1 fully saturated rings. The first-order valence-electron chi connectivity index (χ1n) is 12.4. The van der Waals surface area contributed by atoms with Crippen LogP contribution in [0.15, 0.2) is 78.9 Å². The molecule has 0 unspecified atom stereocenters. The first kappa shape index (κ1) is 24.8. The predicted molar refractivity (Wildman–Crippen MR) is 140 cm³/mol. The molecule has 0 bridgehead atoms. The van der Waals surface area contributed by atoms with Crippen LogP contribution in [0.5, 0.6) is 11.5 Å². The molecular formula is C30H36N2O3. The Morgan fingerprint density at radius 1 is 0.829 bits per heavy atom. The molecule has 1 amide bonds. The largest absolute Gasteiger partial charge is 0.497 e. The number of ether oxygens (including phenoxy) is 2. The maximum absolute atomic E-state index is 13.2. The van der Waals surface area contributed by atoms with Gasteiger partial charge < -0.3 is 14.4 Å². The Kier molecular flexibility index (Phi) is 8.09. The zero-order valence-electron chi connectivity index (χ0n) is 21.0. The summed E-state index contributed by atoms with van der Waals surface area (Å²) in [5.74, 6) is 1.91. The van der Waals surface area contributed by atoms with Gasteiger partial charge >= 0.3 is 0 Å². The normalized spacial score (nSPS) is 16.9. The minimum atomic E-state index is -0.382. The fraction of sp³-hybridized carbons (Fsp3) is 0.367. The number of carbonyl (C=O) groups excluding carboxylic acids is 1. The van der Waals surface area contributed by atoms with E-state index in [1.807, 2.05) is 47.4 Å². The van der Waals surface area contributed by atoms with Gasteiger partial charge in [0.05, 0.1) is 25.4 Å². The molecule has 0 spiro atoms. The molecule has 1 aliphatic rings. The van der Waals surface area contributed by atoms with E-state index in [4.69, 9.17) is 9.47 Å². The monoisotopic (exact) mass is 472 g/mol. The molecule has 1 heterocycles. The number of nitrogens with zero attached hydrogens (tertiary/aromatic N) is 1. The van der Waals surface area contributed by atoms with Crippen molar-refractivity contribution in [3.63, 3.8) is 0 Å². The Morgan fingerprint density at radius 2 is 1.49 bits per heavy atom. The number of methoxy groups -OCH3 is 1. The van der Waals surface area contributed by atoms with Gasteiger partial charge in [-0.3, -0.25) is 10.1 Å². The van der Waals surface area contributed by atoms with E-state index in [9.17, 15) is 4.79 Å². The highest BCUT2D eigenvalue weighted by molar-refractivity contribution is 5.85. The van der Waals surface area contributed by atoms with Crippen LogP contribution in [0.2, 0.25) is 0 Å². The van der Waals surface area contributed by atoms with E-state index in [-0.39, 0.29) is 17.6 Å². The Balaban J connectivity index is 1.22. The maximum Gasteiger partial charge on any atom is 0.241 e. The van der Waals surface area contributed by atoms with Crippen LogP contribution < -0.4 is 14.8 Å². The molecule has 5 nitrogen and oxygen atoms in total. The van der Waals surface area contributed by atoms with Gasteiger partial charge in [0, 0.05) is 6.54 Å². The zero-order valence-corrected chi connectivity index (χ0v) is 21.0. The zero-order chi connectivity index (χ0) is 24.7. The van der Waals surface area contributed by atoms with Gasteiger partial charge in [-0.1, -0.05) is 54.6 Å². The van der Waals surface area contributed by atoms with Crippen LogP contribution in [-0.4, -0.2) is 36.2 Å². The van der Waals surface area contributed by atoms with E-state index >= 15 is 0 Å². The molecular weight excluding hydrogens is 436 g/mol. The van der Waals surface area contributed by atoms with Crippen molar-refractivity contribution in [1.29, 1.82) is 0 Å². The summed E-state index contributed by atoms with van der Waals surface area (Å²) in [6, 6.07) is 26.3. The lowest BCUT2D eigenvalue weighted by molar-refractivity contribution is -0.132. The molecule has 1 aliphatic heterocycles. The highest BCUT2D eigenvalue weighted by Gasteiger charge is 2.43. The number of hydrogen-bond acceptors (Lipinski definition) is 4. The summed E-state index contributed by atoms with van der Waals surface area (Å²) in [6.45, 7) is 5.45. The van der Waals surface area contributed by atoms with Crippen LogP contribution in [0.25, 0.3) is 0 Å². The Bertz CT molecular complexity index is 1080. The van der Waals surface area contributed by atoms with Crippen molar-refractivity contribution >= 4 is 5.91 Å². The van der Waals surface area contributed by atoms with Gasteiger partial charge in [0.2, 0.25) is 5.91 Å². The van der Waals surface area contributed by atoms with Crippen LogP contribution in [-0.2, 0) is 24.2 Å². The smallest absolute Gasteiger partial charge is 0.241 e. The summed E-state index contributed by atoms with van der Waals surface area (Å²) in [7, 11) is 1.69. The second kappa shape index (κ2) is 11.4. The van der Waals surface area contributed by atoms with Gasteiger partial charge in [0.25, 0.3) is 0 Å². The molecule has 3 aromatic rings. The van der Waals surface area contributed by atoms with Gasteiger partial charge in [-0.2, -0.15) is 0 Å². The van der Waals surface area contributed by atoms with Gasteiger partial charge in [-0.25, -0.2) is 0 Å². The molecule has 35 heavy (non-hydrogen) atoms. The van der Waals surface area contributed by atoms with Crippen LogP contribution in [0.3, 0.4) is 0 Å². The molecule has 1 atom stereocenters. The SMILES string of the molecule is COc1ccc(CCCCOc2ccc(C[C@H]3NC(C)(C)N(Cc4ccccc4)C3=O)cc2)cc1. The van der Waals surface area contributed by atoms with Crippen molar-refractivity contribution in [3.8, 4) is 11.5 Å². The third-order valence-corrected chi connectivity index (χ3v) is 6.60. The predicted octanol–water partition coefficient (Wildman–Crippen LogP) is 5.38. The average Bonchev–Trinajstić information content (AvgIpc) is 3.08. The molecule has 1 saturated heterocycles. The highest BCUT2D eigenvalue weighted by Crippen LogP contribution is 2.26. The third kappa shape index (κ3) is 6.64. The minimum Gasteiger partial charge on any atom is -0.497 e. The summed E-state index contributed by atoms with van der Waals surface area (Å²) in [5.41, 5.74) is 3.20. The van der Waals surface area contributed by atoms with Gasteiger partial charge in [-0.15, -0.1) is 0 Å². The van der Waals surface area contributed by atoms with Crippen molar-refractivity contribution in [2.45, 2.75) is 57.8 Å². The standard InChI is InChI=1S/C30H36N2O3/c1-30(2)31-28(29(33)32(30)22-25-10-5-4-6-11-25)21-24-14-18-27(19-15-24)35-20-8-7-9-23-12-16-26(34-3)17-13-23/h4-6,10-19,28,31H,7-9,20-22H2,1-3H3/t28-/m1/s1. The maximum atomic E-state index is 13.2. The second-order valence-electron chi connectivity index (χ2n) is 9.67. The molecule has 184 valence electrons. The summed E-state index contributed by atoms with van der Waals surface area (Å²) in [4.78, 5) is 15.1. The topological polar surface area (TPSA) is 50.8 Å². The molecule has 0 radical (unpaired) electrons. The lowest BCUT2D eigenvalue weighted by Crippen LogP contribution is -2.46. The van der Waals surface area contributed by atoms with Crippen molar-refractivity contribution in [2.24, 2.45) is 0 Å². The van der Waals surface area contributed by atoms with Crippen molar-refractivity contribution in [2.75, 3.05) is 13.7 Å². The number of hydrogen-bond donors (Lipinski definition) is 1. The third-order valence-electron chi connectivity index (χ3n) is 6.60. The average molecular weight is 473 g/mol. The van der Waals surface area contributed by atoms with Gasteiger partial charge in [0.1, 0.15) is 11.5 Å². The Labute approximate surface area is 209 Å². The fourth-order valence-corrected chi connectivity index (χ4v) is 4.58. The van der Waals surface area contributed by atoms with Gasteiger partial charge in [0.15, 0.2) is 0 Å². The number of nitrogens with one attached hydrogen (secondary N) is 1. The van der Waals surface area contributed by atoms with Crippen molar-refractivity contribution < 1.29 is 14.3 Å². The number of rotatable bonds is 11. The van der Waals surface area contributed by atoms with E-state index < -0.39 is 0 Å². The molecule has 0 saturated carbocycles. The summed E-state index contributed by atoms with van der Waals surface area (Å²) in [5, 5.41) is 3.52. The van der Waals surface area contributed by atoms with Crippen molar-refractivity contribution in [3.05, 3.63) is 95.6 Å². The molecule has 0 aliphatic carbocycles.